The minimum Gasteiger partial charge on any atom is -0.339 e. The number of benzene rings is 1. The van der Waals surface area contributed by atoms with Gasteiger partial charge in [0.05, 0.1) is 23.3 Å². The van der Waals surface area contributed by atoms with Crippen LogP contribution in [0.5, 0.6) is 0 Å². The Morgan fingerprint density at radius 3 is 2.73 bits per heavy atom. The molecule has 5 heterocycles. The molecular weight excluding hydrogens is 418 g/mol. The van der Waals surface area contributed by atoms with Crippen LogP contribution in [0.3, 0.4) is 0 Å². The second kappa shape index (κ2) is 7.93. The normalized spacial score (nSPS) is 16.8. The molecule has 1 aromatic carbocycles. The Balaban J connectivity index is 1.47. The molecule has 0 bridgehead atoms. The van der Waals surface area contributed by atoms with E-state index in [9.17, 15) is 4.79 Å². The predicted molar refractivity (Wildman–Crippen MR) is 123 cm³/mol. The Kier molecular flexibility index (Phi) is 4.76. The molecule has 1 saturated heterocycles. The highest BCUT2D eigenvalue weighted by molar-refractivity contribution is 5.83. The number of likely N-dealkylation sites (N-methyl/N-ethyl adjacent to an activating group) is 1. The molecule has 1 atom stereocenters. The van der Waals surface area contributed by atoms with E-state index in [0.29, 0.717) is 41.9 Å². The SMILES string of the molecule is CN1CCCC1Cc1nc(-c2ncn3c2c(=O)n(Cc2ccccn2)c2ccccc23)no1. The summed E-state index contributed by atoms with van der Waals surface area (Å²) in [7, 11) is 2.12. The van der Waals surface area contributed by atoms with Crippen molar-refractivity contribution in [3.63, 3.8) is 0 Å². The first kappa shape index (κ1) is 19.8. The van der Waals surface area contributed by atoms with Crippen molar-refractivity contribution in [2.75, 3.05) is 13.6 Å². The van der Waals surface area contributed by atoms with E-state index in [1.807, 2.05) is 46.9 Å². The summed E-state index contributed by atoms with van der Waals surface area (Å²) in [6.45, 7) is 1.44. The smallest absolute Gasteiger partial charge is 0.278 e. The number of hydrogen-bond acceptors (Lipinski definition) is 7. The first-order valence-corrected chi connectivity index (χ1v) is 11.1. The van der Waals surface area contributed by atoms with Crippen LogP contribution in [0.1, 0.15) is 24.4 Å². The fourth-order valence-electron chi connectivity index (χ4n) is 4.72. The van der Waals surface area contributed by atoms with E-state index < -0.39 is 0 Å². The molecule has 9 nitrogen and oxygen atoms in total. The average molecular weight is 441 g/mol. The summed E-state index contributed by atoms with van der Waals surface area (Å²) < 4.78 is 9.08. The molecule has 33 heavy (non-hydrogen) atoms. The Morgan fingerprint density at radius 1 is 1.09 bits per heavy atom. The molecule has 4 aromatic heterocycles. The standard InChI is InChI=1S/C24H23N7O2/c1-29-12-6-8-17(29)13-20-27-23(28-33-20)21-22-24(32)30(14-16-7-4-5-11-25-16)18-9-2-3-10-19(18)31(22)15-26-21/h2-5,7,9-11,15,17H,6,8,12-14H2,1H3. The number of likely N-dealkylation sites (tertiary alicyclic amines) is 1. The number of nitrogens with zero attached hydrogens (tertiary/aromatic N) is 7. The van der Waals surface area contributed by atoms with Gasteiger partial charge in [-0.3, -0.25) is 18.7 Å². The lowest BCUT2D eigenvalue weighted by Crippen LogP contribution is -2.26. The molecule has 9 heteroatoms. The lowest BCUT2D eigenvalue weighted by molar-refractivity contribution is 0.279. The fourth-order valence-corrected chi connectivity index (χ4v) is 4.72. The van der Waals surface area contributed by atoms with Crippen molar-refractivity contribution in [2.45, 2.75) is 31.8 Å². The van der Waals surface area contributed by atoms with Crippen LogP contribution < -0.4 is 5.56 Å². The molecule has 1 aliphatic rings. The number of fused-ring (bicyclic) bond motifs is 3. The summed E-state index contributed by atoms with van der Waals surface area (Å²) in [6.07, 6.45) is 6.37. The van der Waals surface area contributed by atoms with Gasteiger partial charge in [-0.15, -0.1) is 0 Å². The van der Waals surface area contributed by atoms with Crippen molar-refractivity contribution in [1.82, 2.24) is 34.0 Å². The molecular formula is C24H23N7O2. The van der Waals surface area contributed by atoms with Crippen molar-refractivity contribution < 1.29 is 4.52 Å². The van der Waals surface area contributed by atoms with Crippen LogP contribution in [0.25, 0.3) is 28.1 Å². The molecule has 1 aliphatic heterocycles. The number of aromatic nitrogens is 6. The van der Waals surface area contributed by atoms with Crippen molar-refractivity contribution in [1.29, 1.82) is 0 Å². The summed E-state index contributed by atoms with van der Waals surface area (Å²) >= 11 is 0. The molecule has 0 aliphatic carbocycles. The van der Waals surface area contributed by atoms with Crippen LogP contribution in [-0.4, -0.2) is 53.6 Å². The molecule has 0 spiro atoms. The van der Waals surface area contributed by atoms with Crippen molar-refractivity contribution in [2.24, 2.45) is 0 Å². The maximum atomic E-state index is 13.7. The van der Waals surface area contributed by atoms with E-state index in [2.05, 4.69) is 32.1 Å². The number of pyridine rings is 1. The zero-order valence-corrected chi connectivity index (χ0v) is 18.3. The molecule has 0 N–H and O–H groups in total. The van der Waals surface area contributed by atoms with Gasteiger partial charge in [0.15, 0.2) is 0 Å². The van der Waals surface area contributed by atoms with Crippen LogP contribution >= 0.6 is 0 Å². The van der Waals surface area contributed by atoms with Gasteiger partial charge in [-0.2, -0.15) is 4.98 Å². The van der Waals surface area contributed by atoms with Gasteiger partial charge in [-0.1, -0.05) is 23.4 Å². The minimum atomic E-state index is -0.172. The zero-order valence-electron chi connectivity index (χ0n) is 18.3. The molecule has 6 rings (SSSR count). The number of hydrogen-bond donors (Lipinski definition) is 0. The van der Waals surface area contributed by atoms with Crippen LogP contribution in [0.2, 0.25) is 0 Å². The van der Waals surface area contributed by atoms with Crippen LogP contribution in [-0.2, 0) is 13.0 Å². The molecule has 1 fully saturated rings. The van der Waals surface area contributed by atoms with Gasteiger partial charge in [-0.25, -0.2) is 4.98 Å². The van der Waals surface area contributed by atoms with Crippen molar-refractivity contribution in [3.05, 3.63) is 76.9 Å². The fraction of sp³-hybridized carbons (Fsp3) is 0.292. The van der Waals surface area contributed by atoms with E-state index in [4.69, 9.17) is 4.52 Å². The number of para-hydroxylation sites is 2. The Morgan fingerprint density at radius 2 is 1.94 bits per heavy atom. The van der Waals surface area contributed by atoms with E-state index in [0.717, 1.165) is 29.7 Å². The van der Waals surface area contributed by atoms with Gasteiger partial charge in [0.25, 0.3) is 5.56 Å². The maximum Gasteiger partial charge on any atom is 0.278 e. The topological polar surface area (TPSA) is 94.4 Å². The maximum absolute atomic E-state index is 13.7. The third kappa shape index (κ3) is 3.41. The number of rotatable bonds is 5. The van der Waals surface area contributed by atoms with E-state index in [-0.39, 0.29) is 5.56 Å². The molecule has 166 valence electrons. The largest absolute Gasteiger partial charge is 0.339 e. The second-order valence-corrected chi connectivity index (χ2v) is 8.51. The lowest BCUT2D eigenvalue weighted by Gasteiger charge is -2.16. The minimum absolute atomic E-state index is 0.172. The molecule has 5 aromatic rings. The molecule has 0 saturated carbocycles. The van der Waals surface area contributed by atoms with Crippen molar-refractivity contribution in [3.8, 4) is 11.5 Å². The molecule has 1 unspecified atom stereocenters. The second-order valence-electron chi connectivity index (χ2n) is 8.51. The lowest BCUT2D eigenvalue weighted by atomic mass is 10.1. The predicted octanol–water partition coefficient (Wildman–Crippen LogP) is 2.78. The summed E-state index contributed by atoms with van der Waals surface area (Å²) in [5.41, 5.74) is 3.16. The Labute approximate surface area is 189 Å². The van der Waals surface area contributed by atoms with Gasteiger partial charge in [-0.05, 0) is 50.7 Å². The van der Waals surface area contributed by atoms with Gasteiger partial charge in [0.1, 0.15) is 17.5 Å². The van der Waals surface area contributed by atoms with E-state index in [1.165, 1.54) is 6.42 Å². The van der Waals surface area contributed by atoms with Gasteiger partial charge in [0, 0.05) is 18.7 Å². The summed E-state index contributed by atoms with van der Waals surface area (Å²) in [6, 6.07) is 13.9. The highest BCUT2D eigenvalue weighted by Crippen LogP contribution is 2.24. The van der Waals surface area contributed by atoms with Crippen molar-refractivity contribution >= 4 is 16.6 Å². The van der Waals surface area contributed by atoms with E-state index in [1.54, 1.807) is 17.1 Å². The first-order chi connectivity index (χ1) is 16.2. The average Bonchev–Trinajstić information content (AvgIpc) is 3.58. The summed E-state index contributed by atoms with van der Waals surface area (Å²) in [5.74, 6) is 0.907. The van der Waals surface area contributed by atoms with Crippen LogP contribution in [0, 0.1) is 0 Å². The third-order valence-electron chi connectivity index (χ3n) is 6.46. The molecule has 0 amide bonds. The summed E-state index contributed by atoms with van der Waals surface area (Å²) in [4.78, 5) is 29.6. The monoisotopic (exact) mass is 441 g/mol. The third-order valence-corrected chi connectivity index (χ3v) is 6.46. The first-order valence-electron chi connectivity index (χ1n) is 11.1. The quantitative estimate of drug-likeness (QED) is 0.414. The van der Waals surface area contributed by atoms with Gasteiger partial charge >= 0.3 is 0 Å². The highest BCUT2D eigenvalue weighted by atomic mass is 16.5. The molecule has 0 radical (unpaired) electrons. The van der Waals surface area contributed by atoms with Gasteiger partial charge < -0.3 is 9.42 Å². The van der Waals surface area contributed by atoms with E-state index >= 15 is 0 Å². The Bertz CT molecular complexity index is 1500. The van der Waals surface area contributed by atoms with Crippen LogP contribution in [0.15, 0.2) is 64.3 Å². The zero-order chi connectivity index (χ0) is 22.4. The Hall–Kier alpha value is -3.85. The van der Waals surface area contributed by atoms with Crippen LogP contribution in [0.4, 0.5) is 0 Å². The van der Waals surface area contributed by atoms with Gasteiger partial charge in [0.2, 0.25) is 11.7 Å². The highest BCUT2D eigenvalue weighted by Gasteiger charge is 2.25. The number of imidazole rings is 1. The summed E-state index contributed by atoms with van der Waals surface area (Å²) in [5, 5.41) is 4.17.